The van der Waals surface area contributed by atoms with Crippen LogP contribution in [0.5, 0.6) is 0 Å². The normalized spacial score (nSPS) is 12.8. The summed E-state index contributed by atoms with van der Waals surface area (Å²) in [7, 11) is 0. The van der Waals surface area contributed by atoms with E-state index in [1.54, 1.807) is 90.7 Å². The second-order valence-electron chi connectivity index (χ2n) is 21.1. The van der Waals surface area contributed by atoms with Crippen LogP contribution in [-0.4, -0.2) is 0 Å². The molecule has 0 aliphatic carbocycles. The van der Waals surface area contributed by atoms with Crippen molar-refractivity contribution in [3.05, 3.63) is 95.1 Å². The minimum atomic E-state index is 0.787. The predicted molar refractivity (Wildman–Crippen MR) is 346 cm³/mol. The molecular weight excluding hydrogens is 1150 g/mol. The monoisotopic (exact) mass is 1200 g/mol. The number of aryl methyl sites for hydroxylation is 4. The number of hydrogen-bond donors (Lipinski definition) is 0. The van der Waals surface area contributed by atoms with Gasteiger partial charge in [-0.1, -0.05) is 53.4 Å². The molecule has 0 atom stereocenters. The molecule has 8 heterocycles. The Morgan fingerprint density at radius 1 is 0.212 bits per heavy atom. The van der Waals surface area contributed by atoms with Gasteiger partial charge in [0.05, 0.1) is 75.2 Å². The summed E-state index contributed by atoms with van der Waals surface area (Å²) in [6.45, 7) is 8.95. The highest BCUT2D eigenvalue weighted by Gasteiger charge is 2.24. The zero-order valence-electron chi connectivity index (χ0n) is 43.9. The standard InChI is InChI=1S/C64H48O8S8/c1-5-9-13-29-57-49-25-50-58(29)66-34-18-36-44(22-42(34)74-50)76-52-27-54-62(31(15-11-7-3)60(52)68-36)70-38-20-40-48(24-46(38)78-54)80-56-28-55-63(32(16-12-8-4)64(56)72-40)71-39-19-37-45(23-47(39)79-55)77-53-26-51-59(30(14-10-6-2)61(53)69-37)67-35-17-33(65-57)41(73-49)21-43(35)75-51/h17-28H,5-16H2,1-4H3. The Bertz CT molecular complexity index is 4550. The maximum Gasteiger partial charge on any atom is 0.151 e. The van der Waals surface area contributed by atoms with E-state index in [0.29, 0.717) is 0 Å². The van der Waals surface area contributed by atoms with Gasteiger partial charge in [0.15, 0.2) is 44.7 Å². The first kappa shape index (κ1) is 48.6. The van der Waals surface area contributed by atoms with Gasteiger partial charge in [-0.2, -0.15) is 0 Å². The van der Waals surface area contributed by atoms with E-state index in [4.69, 9.17) is 35.3 Å². The van der Waals surface area contributed by atoms with Crippen LogP contribution in [0.15, 0.2) is 108 Å². The third kappa shape index (κ3) is 7.62. The highest BCUT2D eigenvalue weighted by Crippen LogP contribution is 2.48. The molecule has 0 radical (unpaired) electrons. The zero-order valence-corrected chi connectivity index (χ0v) is 50.5. The van der Waals surface area contributed by atoms with Gasteiger partial charge in [-0.3, -0.25) is 0 Å². The van der Waals surface area contributed by atoms with Crippen LogP contribution in [-0.2, 0) is 25.7 Å². The molecule has 0 aliphatic rings. The number of hydrogen-bond acceptors (Lipinski definition) is 16. The van der Waals surface area contributed by atoms with E-state index in [1.807, 2.05) is 0 Å². The summed E-state index contributed by atoms with van der Waals surface area (Å²) < 4.78 is 74.1. The zero-order chi connectivity index (χ0) is 53.1. The highest BCUT2D eigenvalue weighted by molar-refractivity contribution is 7.30. The number of rotatable bonds is 12. The van der Waals surface area contributed by atoms with Crippen LogP contribution in [0.3, 0.4) is 0 Å². The Morgan fingerprint density at radius 3 is 0.512 bits per heavy atom. The Kier molecular flexibility index (Phi) is 11.4. The largest absolute Gasteiger partial charge is 0.454 e. The summed E-state index contributed by atoms with van der Waals surface area (Å²) >= 11 is 14.2. The van der Waals surface area contributed by atoms with E-state index < -0.39 is 0 Å². The molecule has 0 aliphatic heterocycles. The Balaban J connectivity index is 1.00. The summed E-state index contributed by atoms with van der Waals surface area (Å²) in [6.07, 6.45) is 11.4. The van der Waals surface area contributed by atoms with Gasteiger partial charge in [0, 0.05) is 46.5 Å². The van der Waals surface area contributed by atoms with Crippen LogP contribution in [0.4, 0.5) is 0 Å². The number of benzene rings is 8. The van der Waals surface area contributed by atoms with Crippen molar-refractivity contribution in [2.75, 3.05) is 0 Å². The lowest BCUT2D eigenvalue weighted by Crippen LogP contribution is -1.92. The van der Waals surface area contributed by atoms with Crippen LogP contribution >= 0.6 is 90.7 Å². The molecule has 0 unspecified atom stereocenters. The van der Waals surface area contributed by atoms with Crippen molar-refractivity contribution in [2.45, 2.75) is 105 Å². The van der Waals surface area contributed by atoms with Crippen molar-refractivity contribution < 1.29 is 35.3 Å². The second-order valence-corrected chi connectivity index (χ2v) is 29.7. The molecule has 16 heteroatoms. The third-order valence-corrected chi connectivity index (χ3v) is 24.1. The van der Waals surface area contributed by atoms with Crippen LogP contribution < -0.4 is 0 Å². The Labute approximate surface area is 486 Å². The molecule has 0 fully saturated rings. The van der Waals surface area contributed by atoms with Crippen molar-refractivity contribution in [2.24, 2.45) is 0 Å². The smallest absolute Gasteiger partial charge is 0.151 e. The minimum Gasteiger partial charge on any atom is -0.454 e. The molecule has 400 valence electrons. The van der Waals surface area contributed by atoms with Crippen LogP contribution in [0, 0.1) is 0 Å². The molecule has 0 N–H and O–H groups in total. The molecule has 8 aromatic heterocycles. The van der Waals surface area contributed by atoms with Gasteiger partial charge in [0.2, 0.25) is 0 Å². The van der Waals surface area contributed by atoms with Crippen molar-refractivity contribution in [1.29, 1.82) is 0 Å². The maximum absolute atomic E-state index is 7.10. The fraction of sp³-hybridized carbons (Fsp3) is 0.250. The highest BCUT2D eigenvalue weighted by atomic mass is 32.1. The molecule has 16 rings (SSSR count). The van der Waals surface area contributed by atoms with Gasteiger partial charge in [0.25, 0.3) is 0 Å². The third-order valence-electron chi connectivity index (χ3n) is 15.6. The molecule has 8 aromatic carbocycles. The quantitative estimate of drug-likeness (QED) is 0.111. The van der Waals surface area contributed by atoms with E-state index in [9.17, 15) is 0 Å². The van der Waals surface area contributed by atoms with E-state index >= 15 is 0 Å². The molecular formula is C64H48O8S8. The average Bonchev–Trinajstić information content (AvgIpc) is 3.59. The summed E-state index contributed by atoms with van der Waals surface area (Å²) in [5, 5.41) is 0. The fourth-order valence-electron chi connectivity index (χ4n) is 11.6. The molecule has 8 nitrogen and oxygen atoms in total. The molecule has 0 saturated carbocycles. The van der Waals surface area contributed by atoms with Crippen LogP contribution in [0.25, 0.3) is 165 Å². The van der Waals surface area contributed by atoms with Crippen molar-refractivity contribution >= 4 is 255 Å². The van der Waals surface area contributed by atoms with Gasteiger partial charge in [0.1, 0.15) is 44.7 Å². The Morgan fingerprint density at radius 2 is 0.362 bits per heavy atom. The minimum absolute atomic E-state index is 0.787. The maximum atomic E-state index is 7.10. The fourth-order valence-corrected chi connectivity index (χ4v) is 20.6. The summed E-state index contributed by atoms with van der Waals surface area (Å²) in [5.41, 5.74) is 17.5. The number of fused-ring (bicyclic) bond motifs is 16. The van der Waals surface area contributed by atoms with Crippen molar-refractivity contribution in [1.82, 2.24) is 0 Å². The lowest BCUT2D eigenvalue weighted by atomic mass is 10.1. The average molecular weight is 1200 g/mol. The summed E-state index contributed by atoms with van der Waals surface area (Å²) in [5.74, 6) is 0. The molecule has 16 aromatic rings. The molecule has 0 amide bonds. The first-order valence-corrected chi connectivity index (χ1v) is 34.2. The van der Waals surface area contributed by atoms with E-state index in [-0.39, 0.29) is 0 Å². The van der Waals surface area contributed by atoms with E-state index in [2.05, 4.69) is 100 Å². The lowest BCUT2D eigenvalue weighted by Gasteiger charge is -2.14. The van der Waals surface area contributed by atoms with E-state index in [1.165, 1.54) is 0 Å². The second kappa shape index (κ2) is 18.7. The molecule has 0 saturated heterocycles. The van der Waals surface area contributed by atoms with Crippen LogP contribution in [0.1, 0.15) is 101 Å². The van der Waals surface area contributed by atoms with Crippen molar-refractivity contribution in [3.8, 4) is 0 Å². The SMILES string of the molecule is CCCCc1c2oc3cc4oc5c(CCCC)c6oc7cc8oc9c(CCCC)c%10oc%11cc%12oc%13c(CCCC)c%14oc%15cc%16oc1c1cc2sc3cc4sc5cc6sc7cc8sc9cc%10sc%11cc%12sc%13cc%14sc%15cc%16s1. The molecule has 0 spiro atoms. The van der Waals surface area contributed by atoms with Gasteiger partial charge >= 0.3 is 0 Å². The summed E-state index contributed by atoms with van der Waals surface area (Å²) in [4.78, 5) is 0. The van der Waals surface area contributed by atoms with Gasteiger partial charge < -0.3 is 35.3 Å². The molecule has 80 heavy (non-hydrogen) atoms. The predicted octanol–water partition coefficient (Wildman–Crippen LogP) is 25.6. The topological polar surface area (TPSA) is 105 Å². The van der Waals surface area contributed by atoms with Crippen molar-refractivity contribution in [3.63, 3.8) is 0 Å². The van der Waals surface area contributed by atoms with Gasteiger partial charge in [-0.25, -0.2) is 0 Å². The van der Waals surface area contributed by atoms with Crippen LogP contribution in [0.2, 0.25) is 0 Å². The molecule has 0 bridgehead atoms. The number of unbranched alkanes of at least 4 members (excludes halogenated alkanes) is 4. The first-order valence-electron chi connectivity index (χ1n) is 27.7. The first-order chi connectivity index (χ1) is 39.3. The van der Waals surface area contributed by atoms with Gasteiger partial charge in [-0.05, 0) is 99.9 Å². The lowest BCUT2D eigenvalue weighted by molar-refractivity contribution is 0.624. The summed E-state index contributed by atoms with van der Waals surface area (Å²) in [6, 6.07) is 26.5. The van der Waals surface area contributed by atoms with E-state index in [0.717, 1.165) is 264 Å². The van der Waals surface area contributed by atoms with Gasteiger partial charge in [-0.15, -0.1) is 90.7 Å². The Hall–Kier alpha value is -6.08.